The van der Waals surface area contributed by atoms with E-state index < -0.39 is 0 Å². The van der Waals surface area contributed by atoms with E-state index in [1.165, 1.54) is 30.9 Å². The minimum absolute atomic E-state index is 0.260. The highest BCUT2D eigenvalue weighted by atomic mass is 19.1. The number of aryl methyl sites for hydroxylation is 1. The smallest absolute Gasteiger partial charge is 0.155 e. The molecular formula is C31H28FN7. The van der Waals surface area contributed by atoms with Crippen LogP contribution in [0.25, 0.3) is 55.6 Å². The van der Waals surface area contributed by atoms with E-state index in [1.807, 2.05) is 31.6 Å². The Morgan fingerprint density at radius 2 is 1.67 bits per heavy atom. The molecule has 0 atom stereocenters. The van der Waals surface area contributed by atoms with E-state index in [1.54, 1.807) is 18.5 Å². The maximum Gasteiger partial charge on any atom is 0.155 e. The zero-order valence-electron chi connectivity index (χ0n) is 21.7. The molecule has 1 aliphatic rings. The third-order valence-electron chi connectivity index (χ3n) is 7.55. The highest BCUT2D eigenvalue weighted by molar-refractivity contribution is 6.00. The number of piperidine rings is 1. The second kappa shape index (κ2) is 9.71. The lowest BCUT2D eigenvalue weighted by Crippen LogP contribution is -2.29. The average Bonchev–Trinajstić information content (AvgIpc) is 3.57. The Bertz CT molecular complexity index is 1790. The molecule has 5 aromatic heterocycles. The highest BCUT2D eigenvalue weighted by Crippen LogP contribution is 2.35. The van der Waals surface area contributed by atoms with Crippen molar-refractivity contribution in [2.45, 2.75) is 32.7 Å². The van der Waals surface area contributed by atoms with E-state index in [-0.39, 0.29) is 5.82 Å². The van der Waals surface area contributed by atoms with Crippen molar-refractivity contribution in [2.75, 3.05) is 13.1 Å². The van der Waals surface area contributed by atoms with Crippen LogP contribution in [-0.4, -0.2) is 48.1 Å². The normalized spacial score (nSPS) is 14.4. The van der Waals surface area contributed by atoms with Gasteiger partial charge in [-0.3, -0.25) is 20.0 Å². The first-order valence-corrected chi connectivity index (χ1v) is 13.4. The minimum Gasteiger partial charge on any atom is -0.352 e. The Morgan fingerprint density at radius 3 is 2.54 bits per heavy atom. The predicted molar refractivity (Wildman–Crippen MR) is 151 cm³/mol. The zero-order valence-corrected chi connectivity index (χ0v) is 21.7. The van der Waals surface area contributed by atoms with Crippen molar-refractivity contribution in [3.8, 4) is 33.6 Å². The van der Waals surface area contributed by atoms with Crippen LogP contribution in [0.1, 0.15) is 30.4 Å². The number of hydrogen-bond acceptors (Lipinski definition) is 5. The summed E-state index contributed by atoms with van der Waals surface area (Å²) in [5.41, 5.74) is 8.96. The molecule has 6 heterocycles. The number of rotatable bonds is 5. The van der Waals surface area contributed by atoms with Gasteiger partial charge in [0.05, 0.1) is 17.4 Å². The van der Waals surface area contributed by atoms with Gasteiger partial charge in [-0.1, -0.05) is 12.5 Å². The molecule has 0 spiro atoms. The van der Waals surface area contributed by atoms with Gasteiger partial charge in [0.25, 0.3) is 0 Å². The lowest BCUT2D eigenvalue weighted by Gasteiger charge is -2.26. The van der Waals surface area contributed by atoms with Crippen LogP contribution < -0.4 is 0 Å². The van der Waals surface area contributed by atoms with E-state index in [9.17, 15) is 4.39 Å². The molecule has 1 aliphatic heterocycles. The fraction of sp³-hybridized carbons (Fsp3) is 0.226. The number of H-pyrrole nitrogens is 2. The molecule has 0 amide bonds. The summed E-state index contributed by atoms with van der Waals surface area (Å²) in [6.45, 7) is 5.11. The van der Waals surface area contributed by atoms with Gasteiger partial charge in [-0.2, -0.15) is 5.10 Å². The summed E-state index contributed by atoms with van der Waals surface area (Å²) in [6.07, 6.45) is 13.1. The first-order chi connectivity index (χ1) is 19.1. The molecule has 1 saturated heterocycles. The van der Waals surface area contributed by atoms with Crippen molar-refractivity contribution in [2.24, 2.45) is 0 Å². The summed E-state index contributed by atoms with van der Waals surface area (Å²) >= 11 is 0. The van der Waals surface area contributed by atoms with E-state index >= 15 is 0 Å². The number of aromatic nitrogens is 6. The van der Waals surface area contributed by atoms with Crippen LogP contribution in [0.15, 0.2) is 67.4 Å². The molecular weight excluding hydrogens is 489 g/mol. The molecule has 0 radical (unpaired) electrons. The predicted octanol–water partition coefficient (Wildman–Crippen LogP) is 6.66. The summed E-state index contributed by atoms with van der Waals surface area (Å²) in [5, 5.41) is 9.54. The number of nitrogens with one attached hydrogen (secondary N) is 2. The van der Waals surface area contributed by atoms with Gasteiger partial charge in [0, 0.05) is 58.8 Å². The van der Waals surface area contributed by atoms with Crippen LogP contribution in [0.2, 0.25) is 0 Å². The van der Waals surface area contributed by atoms with Gasteiger partial charge in [0.2, 0.25) is 0 Å². The fourth-order valence-electron chi connectivity index (χ4n) is 5.67. The van der Waals surface area contributed by atoms with E-state index in [0.717, 1.165) is 75.1 Å². The molecule has 0 unspecified atom stereocenters. The van der Waals surface area contributed by atoms with Gasteiger partial charge in [0.1, 0.15) is 11.5 Å². The highest BCUT2D eigenvalue weighted by Gasteiger charge is 2.16. The van der Waals surface area contributed by atoms with Crippen LogP contribution >= 0.6 is 0 Å². The average molecular weight is 518 g/mol. The molecule has 7 nitrogen and oxygen atoms in total. The topological polar surface area (TPSA) is 86.4 Å². The molecule has 2 N–H and O–H groups in total. The maximum atomic E-state index is 14.2. The molecule has 39 heavy (non-hydrogen) atoms. The first-order valence-electron chi connectivity index (χ1n) is 13.4. The number of pyridine rings is 3. The molecule has 0 bridgehead atoms. The van der Waals surface area contributed by atoms with E-state index in [2.05, 4.69) is 53.2 Å². The second-order valence-corrected chi connectivity index (χ2v) is 10.5. The zero-order chi connectivity index (χ0) is 26.3. The lowest BCUT2D eigenvalue weighted by molar-refractivity contribution is 0.220. The third-order valence-corrected chi connectivity index (χ3v) is 7.55. The number of likely N-dealkylation sites (tertiary alicyclic amines) is 1. The van der Waals surface area contributed by atoms with E-state index in [4.69, 9.17) is 0 Å². The second-order valence-electron chi connectivity index (χ2n) is 10.5. The van der Waals surface area contributed by atoms with Crippen molar-refractivity contribution < 1.29 is 4.39 Å². The van der Waals surface area contributed by atoms with Gasteiger partial charge in [-0.15, -0.1) is 0 Å². The summed E-state index contributed by atoms with van der Waals surface area (Å²) in [4.78, 5) is 19.6. The van der Waals surface area contributed by atoms with Crippen molar-refractivity contribution in [3.05, 3.63) is 84.3 Å². The van der Waals surface area contributed by atoms with Gasteiger partial charge in [-0.05, 0) is 79.9 Å². The fourth-order valence-corrected chi connectivity index (χ4v) is 5.67. The Morgan fingerprint density at radius 1 is 0.821 bits per heavy atom. The summed E-state index contributed by atoms with van der Waals surface area (Å²) in [7, 11) is 0. The maximum absolute atomic E-state index is 14.2. The van der Waals surface area contributed by atoms with Crippen molar-refractivity contribution >= 4 is 21.9 Å². The van der Waals surface area contributed by atoms with Gasteiger partial charge in [-0.25, -0.2) is 9.37 Å². The summed E-state index contributed by atoms with van der Waals surface area (Å²) < 4.78 is 14.2. The van der Waals surface area contributed by atoms with E-state index in [0.29, 0.717) is 5.65 Å². The monoisotopic (exact) mass is 517 g/mol. The number of halogens is 1. The molecule has 7 rings (SSSR count). The molecule has 0 aliphatic carbocycles. The van der Waals surface area contributed by atoms with Crippen molar-refractivity contribution in [1.82, 2.24) is 35.0 Å². The number of benzene rings is 1. The Labute approximate surface area is 225 Å². The van der Waals surface area contributed by atoms with Gasteiger partial charge >= 0.3 is 0 Å². The minimum atomic E-state index is -0.260. The largest absolute Gasteiger partial charge is 0.352 e. The molecule has 0 saturated carbocycles. The lowest BCUT2D eigenvalue weighted by atomic mass is 10.0. The van der Waals surface area contributed by atoms with Crippen LogP contribution in [0.4, 0.5) is 4.39 Å². The third kappa shape index (κ3) is 4.57. The summed E-state index contributed by atoms with van der Waals surface area (Å²) in [5.74, 6) is -0.260. The van der Waals surface area contributed by atoms with Crippen LogP contribution in [0, 0.1) is 12.7 Å². The van der Waals surface area contributed by atoms with Gasteiger partial charge < -0.3 is 4.98 Å². The first kappa shape index (κ1) is 23.7. The standard InChI is InChI=1S/C31H28FN7/c1-19-7-21(10-24(32)8-19)27-16-34-17-29-25(27)12-28(36-29)30-26-11-23(15-35-31(26)38-37-30)22-9-20(13-33-14-22)18-39-5-3-2-4-6-39/h7-17,36H,2-6,18H2,1H3,(H,35,37,38). The van der Waals surface area contributed by atoms with Crippen LogP contribution in [-0.2, 0) is 6.54 Å². The van der Waals surface area contributed by atoms with Gasteiger partial charge in [0.15, 0.2) is 5.65 Å². The van der Waals surface area contributed by atoms with Crippen LogP contribution in [0.3, 0.4) is 0 Å². The number of nitrogens with zero attached hydrogens (tertiary/aromatic N) is 5. The Balaban J connectivity index is 1.26. The molecule has 1 aromatic carbocycles. The SMILES string of the molecule is Cc1cc(F)cc(-c2cncc3[nH]c(-c4n[nH]c5ncc(-c6cncc(CN7CCCCC7)c6)cc45)cc23)c1. The molecule has 6 aromatic rings. The number of fused-ring (bicyclic) bond motifs is 2. The quantitative estimate of drug-likeness (QED) is 0.267. The Kier molecular flexibility index (Phi) is 5.89. The van der Waals surface area contributed by atoms with Crippen molar-refractivity contribution in [1.29, 1.82) is 0 Å². The molecule has 1 fully saturated rings. The summed E-state index contributed by atoms with van der Waals surface area (Å²) in [6, 6.07) is 11.4. The Hall–Kier alpha value is -4.43. The van der Waals surface area contributed by atoms with Crippen LogP contribution in [0.5, 0.6) is 0 Å². The molecule has 194 valence electrons. The van der Waals surface area contributed by atoms with Crippen molar-refractivity contribution in [3.63, 3.8) is 0 Å². The number of hydrogen-bond donors (Lipinski definition) is 2. The number of aromatic amines is 2. The molecule has 8 heteroatoms.